The third-order valence-corrected chi connectivity index (χ3v) is 5.15. The molecule has 1 N–H and O–H groups in total. The summed E-state index contributed by atoms with van der Waals surface area (Å²) in [6.45, 7) is 4.58. The Morgan fingerprint density at radius 3 is 2.93 bits per heavy atom. The van der Waals surface area contributed by atoms with Crippen molar-refractivity contribution >= 4 is 5.97 Å². The third-order valence-electron chi connectivity index (χ3n) is 5.15. The number of carboxylic acids is 1. The molecule has 1 aliphatic rings. The molecule has 144 valence electrons. The zero-order chi connectivity index (χ0) is 19.5. The highest BCUT2D eigenvalue weighted by Crippen LogP contribution is 2.29. The number of carbonyl (C=O) groups is 1. The van der Waals surface area contributed by atoms with E-state index in [2.05, 4.69) is 14.9 Å². The molecular formula is C22H23N3O3. The van der Waals surface area contributed by atoms with Crippen molar-refractivity contribution in [1.82, 2.24) is 14.9 Å². The Balaban J connectivity index is 1.48. The topological polar surface area (TPSA) is 79.5 Å². The van der Waals surface area contributed by atoms with Crippen molar-refractivity contribution < 1.29 is 14.3 Å². The largest absolute Gasteiger partial charge is 0.478 e. The number of piperidine rings is 1. The van der Waals surface area contributed by atoms with E-state index in [0.717, 1.165) is 43.2 Å². The van der Waals surface area contributed by atoms with Crippen molar-refractivity contribution in [3.63, 3.8) is 0 Å². The van der Waals surface area contributed by atoms with Gasteiger partial charge in [0.05, 0.1) is 12.1 Å². The number of aryl methyl sites for hydroxylation is 1. The first-order valence-corrected chi connectivity index (χ1v) is 9.53. The zero-order valence-corrected chi connectivity index (χ0v) is 15.8. The number of likely N-dealkylation sites (tertiary alicyclic amines) is 1. The molecule has 4 rings (SSSR count). The van der Waals surface area contributed by atoms with Crippen LogP contribution in [0.25, 0.3) is 11.3 Å². The Morgan fingerprint density at radius 2 is 2.11 bits per heavy atom. The van der Waals surface area contributed by atoms with Gasteiger partial charge in [-0.25, -0.2) is 14.8 Å². The van der Waals surface area contributed by atoms with Crippen molar-refractivity contribution in [3.8, 4) is 11.3 Å². The quantitative estimate of drug-likeness (QED) is 0.720. The minimum Gasteiger partial charge on any atom is -0.478 e. The summed E-state index contributed by atoms with van der Waals surface area (Å²) in [6, 6.07) is 12.6. The predicted octanol–water partition coefficient (Wildman–Crippen LogP) is 4.12. The van der Waals surface area contributed by atoms with Gasteiger partial charge in [0.15, 0.2) is 0 Å². The lowest BCUT2D eigenvalue weighted by Crippen LogP contribution is -2.34. The fraction of sp³-hybridized carbons (Fsp3) is 0.318. The van der Waals surface area contributed by atoms with Gasteiger partial charge in [-0.3, -0.25) is 4.90 Å². The summed E-state index contributed by atoms with van der Waals surface area (Å²) in [5, 5.41) is 9.39. The van der Waals surface area contributed by atoms with E-state index in [-0.39, 0.29) is 5.56 Å². The smallest absolute Gasteiger partial charge is 0.336 e. The first-order valence-electron chi connectivity index (χ1n) is 9.53. The summed E-state index contributed by atoms with van der Waals surface area (Å²) >= 11 is 0. The summed E-state index contributed by atoms with van der Waals surface area (Å²) in [6.07, 6.45) is 4.02. The van der Waals surface area contributed by atoms with Crippen LogP contribution >= 0.6 is 0 Å². The van der Waals surface area contributed by atoms with Gasteiger partial charge in [-0.1, -0.05) is 18.2 Å². The van der Waals surface area contributed by atoms with Crippen LogP contribution in [0.2, 0.25) is 0 Å². The number of nitrogens with zero attached hydrogens (tertiary/aromatic N) is 3. The molecular weight excluding hydrogens is 354 g/mol. The molecule has 6 nitrogen and oxygen atoms in total. The van der Waals surface area contributed by atoms with Gasteiger partial charge in [-0.15, -0.1) is 0 Å². The predicted molar refractivity (Wildman–Crippen MR) is 105 cm³/mol. The van der Waals surface area contributed by atoms with Gasteiger partial charge >= 0.3 is 5.97 Å². The van der Waals surface area contributed by atoms with Crippen LogP contribution in [-0.4, -0.2) is 39.0 Å². The summed E-state index contributed by atoms with van der Waals surface area (Å²) in [4.78, 5) is 22.9. The number of benzene rings is 1. The summed E-state index contributed by atoms with van der Waals surface area (Å²) in [5.74, 6) is 1.71. The van der Waals surface area contributed by atoms with Gasteiger partial charge in [-0.05, 0) is 50.6 Å². The van der Waals surface area contributed by atoms with Crippen molar-refractivity contribution in [2.24, 2.45) is 0 Å². The first-order chi connectivity index (χ1) is 13.6. The Bertz CT molecular complexity index is 982. The fourth-order valence-corrected chi connectivity index (χ4v) is 3.79. The molecule has 1 aliphatic heterocycles. The van der Waals surface area contributed by atoms with E-state index in [4.69, 9.17) is 4.42 Å². The molecule has 3 heterocycles. The standard InChI is InChI=1S/C22H23N3O3/c1-15-10-11-23-21(24-15)16-5-4-12-25(13-16)14-17-8-9-20(28-17)18-6-2-3-7-19(18)22(26)27/h2-3,6-11,16H,4-5,12-14H2,1H3,(H,26,27)/t16-/m0/s1. The van der Waals surface area contributed by atoms with Crippen LogP contribution in [0, 0.1) is 6.92 Å². The van der Waals surface area contributed by atoms with Crippen LogP contribution in [0.3, 0.4) is 0 Å². The van der Waals surface area contributed by atoms with Crippen molar-refractivity contribution in [2.45, 2.75) is 32.2 Å². The van der Waals surface area contributed by atoms with Crippen molar-refractivity contribution in [2.75, 3.05) is 13.1 Å². The van der Waals surface area contributed by atoms with E-state index in [1.807, 2.05) is 37.4 Å². The maximum Gasteiger partial charge on any atom is 0.336 e. The second kappa shape index (κ2) is 7.94. The molecule has 0 aliphatic carbocycles. The fourth-order valence-electron chi connectivity index (χ4n) is 3.79. The number of rotatable bonds is 5. The highest BCUT2D eigenvalue weighted by molar-refractivity contribution is 5.95. The third kappa shape index (κ3) is 3.97. The molecule has 2 aromatic heterocycles. The molecule has 1 fully saturated rings. The minimum atomic E-state index is -0.953. The lowest BCUT2D eigenvalue weighted by atomic mass is 9.97. The second-order valence-corrected chi connectivity index (χ2v) is 7.25. The molecule has 28 heavy (non-hydrogen) atoms. The summed E-state index contributed by atoms with van der Waals surface area (Å²) in [5.41, 5.74) is 1.85. The summed E-state index contributed by atoms with van der Waals surface area (Å²) in [7, 11) is 0. The van der Waals surface area contributed by atoms with Crippen LogP contribution in [-0.2, 0) is 6.54 Å². The Morgan fingerprint density at radius 1 is 1.25 bits per heavy atom. The molecule has 0 spiro atoms. The maximum atomic E-state index is 11.5. The number of aromatic nitrogens is 2. The average Bonchev–Trinajstić information content (AvgIpc) is 3.16. The SMILES string of the molecule is Cc1ccnc([C@H]2CCCN(Cc3ccc(-c4ccccc4C(=O)O)o3)C2)n1. The van der Waals surface area contributed by atoms with Crippen LogP contribution in [0.4, 0.5) is 0 Å². The highest BCUT2D eigenvalue weighted by Gasteiger charge is 2.24. The van der Waals surface area contributed by atoms with Gasteiger partial charge in [0.1, 0.15) is 17.3 Å². The van der Waals surface area contributed by atoms with Crippen molar-refractivity contribution in [1.29, 1.82) is 0 Å². The van der Waals surface area contributed by atoms with E-state index in [1.54, 1.807) is 18.2 Å². The Labute approximate surface area is 163 Å². The molecule has 1 saturated heterocycles. The molecule has 1 aromatic carbocycles. The highest BCUT2D eigenvalue weighted by atomic mass is 16.4. The van der Waals surface area contributed by atoms with E-state index in [1.165, 1.54) is 0 Å². The normalized spacial score (nSPS) is 17.5. The second-order valence-electron chi connectivity index (χ2n) is 7.25. The van der Waals surface area contributed by atoms with Crippen LogP contribution in [0.15, 0.2) is 53.1 Å². The van der Waals surface area contributed by atoms with Crippen LogP contribution in [0.5, 0.6) is 0 Å². The van der Waals surface area contributed by atoms with Gasteiger partial charge in [0.25, 0.3) is 0 Å². The van der Waals surface area contributed by atoms with Gasteiger partial charge in [-0.2, -0.15) is 0 Å². The molecule has 0 amide bonds. The first kappa shape index (κ1) is 18.4. The maximum absolute atomic E-state index is 11.5. The molecule has 0 bridgehead atoms. The van der Waals surface area contributed by atoms with Crippen molar-refractivity contribution in [3.05, 3.63) is 71.5 Å². The lowest BCUT2D eigenvalue weighted by Gasteiger charge is -2.31. The molecule has 1 atom stereocenters. The van der Waals surface area contributed by atoms with Gasteiger partial charge < -0.3 is 9.52 Å². The van der Waals surface area contributed by atoms with E-state index < -0.39 is 5.97 Å². The number of furan rings is 1. The summed E-state index contributed by atoms with van der Waals surface area (Å²) < 4.78 is 5.99. The van der Waals surface area contributed by atoms with Crippen LogP contribution in [0.1, 0.15) is 46.4 Å². The van der Waals surface area contributed by atoms with E-state index in [9.17, 15) is 9.90 Å². The Hall–Kier alpha value is -2.99. The number of carboxylic acid groups (broad SMARTS) is 1. The van der Waals surface area contributed by atoms with E-state index in [0.29, 0.717) is 23.8 Å². The monoisotopic (exact) mass is 377 g/mol. The zero-order valence-electron chi connectivity index (χ0n) is 15.8. The molecule has 3 aromatic rings. The average molecular weight is 377 g/mol. The number of hydrogen-bond donors (Lipinski definition) is 1. The number of hydrogen-bond acceptors (Lipinski definition) is 5. The van der Waals surface area contributed by atoms with Crippen LogP contribution < -0.4 is 0 Å². The van der Waals surface area contributed by atoms with Gasteiger partial charge in [0, 0.05) is 29.9 Å². The van der Waals surface area contributed by atoms with E-state index >= 15 is 0 Å². The molecule has 0 saturated carbocycles. The Kier molecular flexibility index (Phi) is 5.21. The van der Waals surface area contributed by atoms with Gasteiger partial charge in [0.2, 0.25) is 0 Å². The number of aromatic carboxylic acids is 1. The molecule has 0 unspecified atom stereocenters. The minimum absolute atomic E-state index is 0.248. The lowest BCUT2D eigenvalue weighted by molar-refractivity contribution is 0.0697. The molecule has 6 heteroatoms. The molecule has 0 radical (unpaired) electrons.